The van der Waals surface area contributed by atoms with Gasteiger partial charge in [0.25, 0.3) is 0 Å². The number of benzene rings is 8. The Hall–Kier alpha value is -5.50. The fraction of sp³-hybridized carbons (Fsp3) is 0. The summed E-state index contributed by atoms with van der Waals surface area (Å²) in [7, 11) is 0. The van der Waals surface area contributed by atoms with Crippen LogP contribution >= 0.6 is 0 Å². The molecule has 0 radical (unpaired) electrons. The second-order valence-electron chi connectivity index (χ2n) is 12.6. The number of hydrogen-bond donors (Lipinski definition) is 0. The molecule has 3 nitrogen and oxygen atoms in total. The van der Waals surface area contributed by atoms with Crippen LogP contribution in [0.25, 0.3) is 21.5 Å². The van der Waals surface area contributed by atoms with Crippen LogP contribution in [0.3, 0.4) is 0 Å². The molecular formula is C44H28N3Sb. The Morgan fingerprint density at radius 1 is 0.312 bits per heavy atom. The summed E-state index contributed by atoms with van der Waals surface area (Å²) in [5.74, 6) is 0. The van der Waals surface area contributed by atoms with Crippen LogP contribution in [0, 0.1) is 0 Å². The van der Waals surface area contributed by atoms with Gasteiger partial charge < -0.3 is 0 Å². The molecule has 3 aliphatic rings. The van der Waals surface area contributed by atoms with E-state index in [0.29, 0.717) is 0 Å². The molecule has 0 unspecified atom stereocenters. The zero-order valence-electron chi connectivity index (χ0n) is 26.0. The standard InChI is InChI=1S/C44H28N3.Sb/c1-4-17-34(18-5-1)45-37-23-14-24-38(29-37)46(35-19-6-2-7-20-35)40-28-33-16-11-13-26-42(33)44(31-40)47(36-21-8-3-9-22-36)43-30-39(45)27-32-15-10-12-25-41(32)43;/h1-28H;. The zero-order valence-corrected chi connectivity index (χ0v) is 28.5. The van der Waals surface area contributed by atoms with Crippen LogP contribution < -0.4 is 25.2 Å². The molecule has 4 heteroatoms. The van der Waals surface area contributed by atoms with Crippen molar-refractivity contribution >= 4 is 103 Å². The van der Waals surface area contributed by atoms with Crippen LogP contribution in [-0.4, -0.2) is 20.2 Å². The van der Waals surface area contributed by atoms with E-state index >= 15 is 0 Å². The van der Waals surface area contributed by atoms with Crippen LogP contribution in [0.5, 0.6) is 0 Å². The van der Waals surface area contributed by atoms with Crippen molar-refractivity contribution in [2.45, 2.75) is 0 Å². The number of anilines is 9. The van der Waals surface area contributed by atoms with Gasteiger partial charge in [-0.1, -0.05) is 0 Å². The van der Waals surface area contributed by atoms with E-state index in [4.69, 9.17) is 0 Å². The summed E-state index contributed by atoms with van der Waals surface area (Å²) in [5, 5.41) is 5.15. The summed E-state index contributed by atoms with van der Waals surface area (Å²) >= 11 is -2.72. The van der Waals surface area contributed by atoms with Crippen LogP contribution in [0.1, 0.15) is 0 Å². The Labute approximate surface area is 286 Å². The Balaban J connectivity index is 1.39. The summed E-state index contributed by atoms with van der Waals surface area (Å²) in [6.45, 7) is 0. The summed E-state index contributed by atoms with van der Waals surface area (Å²) < 4.78 is 4.62. The molecule has 0 saturated heterocycles. The average molecular weight is 720 g/mol. The van der Waals surface area contributed by atoms with Crippen LogP contribution in [-0.2, 0) is 0 Å². The Morgan fingerprint density at radius 3 is 1.17 bits per heavy atom. The predicted octanol–water partition coefficient (Wildman–Crippen LogP) is 9.86. The third-order valence-electron chi connectivity index (χ3n) is 10.1. The molecule has 0 atom stereocenters. The SMILES string of the molecule is c1ccc(N2c3cccc4[c]3[Sb]3[c]5c2cc2ccccc2c5N(c2ccccc2)c2[c]3c(cc3ccccc23)N4c2ccccc2)cc1. The summed E-state index contributed by atoms with van der Waals surface area (Å²) in [5.41, 5.74) is 11.5. The van der Waals surface area contributed by atoms with E-state index < -0.39 is 20.2 Å². The van der Waals surface area contributed by atoms with Crippen LogP contribution in [0.15, 0.2) is 170 Å². The monoisotopic (exact) mass is 719 g/mol. The topological polar surface area (TPSA) is 9.72 Å². The van der Waals surface area contributed by atoms with Gasteiger partial charge in [0.05, 0.1) is 0 Å². The van der Waals surface area contributed by atoms with Crippen molar-refractivity contribution in [1.29, 1.82) is 0 Å². The van der Waals surface area contributed by atoms with Gasteiger partial charge in [0.1, 0.15) is 0 Å². The Bertz CT molecular complexity index is 2430. The van der Waals surface area contributed by atoms with E-state index in [1.165, 1.54) is 76.2 Å². The Kier molecular flexibility index (Phi) is 5.53. The summed E-state index contributed by atoms with van der Waals surface area (Å²) in [6.07, 6.45) is 0. The molecule has 11 rings (SSSR count). The van der Waals surface area contributed by atoms with Crippen molar-refractivity contribution in [2.75, 3.05) is 14.7 Å². The van der Waals surface area contributed by atoms with Gasteiger partial charge in [-0.3, -0.25) is 0 Å². The molecule has 224 valence electrons. The molecule has 0 fully saturated rings. The third kappa shape index (κ3) is 3.49. The predicted molar refractivity (Wildman–Crippen MR) is 204 cm³/mol. The molecule has 8 aromatic carbocycles. The molecule has 8 aromatic rings. The van der Waals surface area contributed by atoms with Gasteiger partial charge in [0.2, 0.25) is 0 Å². The van der Waals surface area contributed by atoms with E-state index in [1.54, 1.807) is 7.02 Å². The van der Waals surface area contributed by atoms with Crippen molar-refractivity contribution in [1.82, 2.24) is 0 Å². The van der Waals surface area contributed by atoms with Gasteiger partial charge in [0, 0.05) is 0 Å². The normalized spacial score (nSPS) is 14.0. The molecular weight excluding hydrogens is 692 g/mol. The zero-order chi connectivity index (χ0) is 31.3. The molecule has 0 amide bonds. The maximum absolute atomic E-state index is 2.72. The van der Waals surface area contributed by atoms with Crippen molar-refractivity contribution in [3.8, 4) is 0 Å². The first-order valence-corrected chi connectivity index (χ1v) is 20.3. The quantitative estimate of drug-likeness (QED) is 0.168. The van der Waals surface area contributed by atoms with Gasteiger partial charge in [-0.15, -0.1) is 0 Å². The summed E-state index contributed by atoms with van der Waals surface area (Å²) in [4.78, 5) is 7.72. The Morgan fingerprint density at radius 2 is 0.708 bits per heavy atom. The number of nitrogens with zero attached hydrogens (tertiary/aromatic N) is 3. The number of fused-ring (bicyclic) bond motifs is 4. The van der Waals surface area contributed by atoms with E-state index in [9.17, 15) is 0 Å². The third-order valence-corrected chi connectivity index (χ3v) is 17.7. The maximum atomic E-state index is 2.62. The van der Waals surface area contributed by atoms with E-state index in [2.05, 4.69) is 185 Å². The van der Waals surface area contributed by atoms with Gasteiger partial charge in [0.15, 0.2) is 0 Å². The molecule has 48 heavy (non-hydrogen) atoms. The van der Waals surface area contributed by atoms with Crippen molar-refractivity contribution in [2.24, 2.45) is 0 Å². The van der Waals surface area contributed by atoms with Crippen molar-refractivity contribution in [3.63, 3.8) is 0 Å². The van der Waals surface area contributed by atoms with E-state index in [1.807, 2.05) is 0 Å². The van der Waals surface area contributed by atoms with Gasteiger partial charge >= 0.3 is 288 Å². The fourth-order valence-electron chi connectivity index (χ4n) is 8.20. The van der Waals surface area contributed by atoms with Crippen molar-refractivity contribution < 1.29 is 0 Å². The number of hydrogen-bond acceptors (Lipinski definition) is 3. The molecule has 0 aromatic heterocycles. The molecule has 0 N–H and O–H groups in total. The fourth-order valence-corrected chi connectivity index (χ4v) is 17.1. The second kappa shape index (κ2) is 10.0. The summed E-state index contributed by atoms with van der Waals surface area (Å²) in [6, 6.07) is 63.0. The molecule has 3 aliphatic heterocycles. The first kappa shape index (κ1) is 26.6. The first-order chi connectivity index (χ1) is 23.9. The molecule has 0 spiro atoms. The first-order valence-electron chi connectivity index (χ1n) is 16.5. The molecule has 0 saturated carbocycles. The van der Waals surface area contributed by atoms with Crippen LogP contribution in [0.4, 0.5) is 51.2 Å². The van der Waals surface area contributed by atoms with Crippen molar-refractivity contribution in [3.05, 3.63) is 170 Å². The van der Waals surface area contributed by atoms with Crippen LogP contribution in [0.2, 0.25) is 0 Å². The molecule has 0 aliphatic carbocycles. The molecule has 3 heterocycles. The van der Waals surface area contributed by atoms with Gasteiger partial charge in [-0.05, 0) is 0 Å². The van der Waals surface area contributed by atoms with Gasteiger partial charge in [-0.25, -0.2) is 0 Å². The van der Waals surface area contributed by atoms with Gasteiger partial charge in [-0.2, -0.15) is 0 Å². The minimum absolute atomic E-state index is 1.19. The minimum atomic E-state index is -2.72. The second-order valence-corrected chi connectivity index (χ2v) is 18.4. The van der Waals surface area contributed by atoms with E-state index in [-0.39, 0.29) is 0 Å². The number of rotatable bonds is 3. The number of para-hydroxylation sites is 3. The molecule has 0 bridgehead atoms. The average Bonchev–Trinajstić information content (AvgIpc) is 3.16. The van der Waals surface area contributed by atoms with E-state index in [0.717, 1.165) is 0 Å².